The van der Waals surface area contributed by atoms with Crippen LogP contribution in [0.1, 0.15) is 22.1 Å². The molecule has 222 valence electrons. The van der Waals surface area contributed by atoms with Crippen LogP contribution in [-0.4, -0.2) is 0 Å². The maximum atomic E-state index is 14.9. The lowest BCUT2D eigenvalue weighted by Crippen LogP contribution is -2.11. The first-order valence-corrected chi connectivity index (χ1v) is 14.8. The fourth-order valence-electron chi connectivity index (χ4n) is 6.13. The summed E-state index contributed by atoms with van der Waals surface area (Å²) >= 11 is 0. The van der Waals surface area contributed by atoms with E-state index in [1.165, 1.54) is 0 Å². The molecule has 8 rings (SSSR count). The van der Waals surface area contributed by atoms with Crippen LogP contribution in [0.3, 0.4) is 0 Å². The minimum Gasteiger partial charge on any atom is -0.310 e. The predicted octanol–water partition coefficient (Wildman–Crippen LogP) is 12.4. The monoisotopic (exact) mass is 608 g/mol. The van der Waals surface area contributed by atoms with Gasteiger partial charge < -0.3 is 9.80 Å². The fourth-order valence-corrected chi connectivity index (χ4v) is 6.13. The minimum atomic E-state index is -1.23. The molecule has 0 aliphatic carbocycles. The summed E-state index contributed by atoms with van der Waals surface area (Å²) in [7, 11) is 0. The maximum Gasteiger partial charge on any atom is 0.123 e. The van der Waals surface area contributed by atoms with Gasteiger partial charge in [-0.3, -0.25) is 0 Å². The van der Waals surface area contributed by atoms with Gasteiger partial charge in [-0.25, -0.2) is 8.78 Å². The van der Waals surface area contributed by atoms with Gasteiger partial charge in [0.05, 0.1) is 22.3 Å². The molecular formula is C42H30F2N2. The van der Waals surface area contributed by atoms with E-state index in [0.717, 1.165) is 32.7 Å². The number of benzene rings is 8. The summed E-state index contributed by atoms with van der Waals surface area (Å²) in [5.74, 6) is -2.47. The molecule has 0 saturated heterocycles. The first kappa shape index (κ1) is 20.3. The van der Waals surface area contributed by atoms with E-state index in [4.69, 9.17) is 11.0 Å². The molecule has 0 heterocycles. The van der Waals surface area contributed by atoms with Gasteiger partial charge in [0.15, 0.2) is 0 Å². The summed E-state index contributed by atoms with van der Waals surface area (Å²) in [6.45, 7) is 3.84. The molecule has 0 fully saturated rings. The lowest BCUT2D eigenvalue weighted by molar-refractivity contribution is 0.627. The van der Waals surface area contributed by atoms with Crippen LogP contribution in [0.15, 0.2) is 145 Å². The molecule has 0 unspecified atom stereocenters. The number of nitrogens with zero attached hydrogens (tertiary/aromatic N) is 2. The third kappa shape index (κ3) is 4.70. The van der Waals surface area contributed by atoms with E-state index in [1.807, 2.05) is 86.6 Å². The van der Waals surface area contributed by atoms with Crippen molar-refractivity contribution in [3.05, 3.63) is 168 Å². The van der Waals surface area contributed by atoms with Crippen molar-refractivity contribution in [2.75, 3.05) is 9.80 Å². The summed E-state index contributed by atoms with van der Waals surface area (Å²) in [6.07, 6.45) is 0. The van der Waals surface area contributed by atoms with E-state index in [-0.39, 0.29) is 11.4 Å². The van der Waals surface area contributed by atoms with Crippen molar-refractivity contribution in [2.45, 2.75) is 13.8 Å². The molecule has 4 heteroatoms. The molecule has 2 nitrogen and oxygen atoms in total. The van der Waals surface area contributed by atoms with Crippen molar-refractivity contribution in [1.29, 1.82) is 0 Å². The Morgan fingerprint density at radius 3 is 1.13 bits per heavy atom. The van der Waals surface area contributed by atoms with Gasteiger partial charge in [0.2, 0.25) is 0 Å². The summed E-state index contributed by atoms with van der Waals surface area (Å²) < 4.78 is 98.3. The van der Waals surface area contributed by atoms with E-state index in [1.54, 1.807) is 34.1 Å². The van der Waals surface area contributed by atoms with Crippen molar-refractivity contribution >= 4 is 66.4 Å². The van der Waals surface area contributed by atoms with Crippen LogP contribution in [0.2, 0.25) is 0 Å². The molecule has 0 spiro atoms. The zero-order valence-electron chi connectivity index (χ0n) is 32.9. The molecule has 0 aliphatic rings. The predicted molar refractivity (Wildman–Crippen MR) is 189 cm³/mol. The minimum absolute atomic E-state index is 0.115. The number of hydrogen-bond acceptors (Lipinski definition) is 2. The van der Waals surface area contributed by atoms with Crippen LogP contribution in [0.5, 0.6) is 0 Å². The zero-order chi connectivity index (χ0) is 38.3. The normalized spacial score (nSPS) is 13.9. The van der Waals surface area contributed by atoms with Gasteiger partial charge >= 0.3 is 0 Å². The Morgan fingerprint density at radius 1 is 0.413 bits per heavy atom. The smallest absolute Gasteiger partial charge is 0.123 e. The van der Waals surface area contributed by atoms with Gasteiger partial charge in [0.1, 0.15) is 11.6 Å². The second kappa shape index (κ2) is 11.0. The quantitative estimate of drug-likeness (QED) is 0.173. The Balaban J connectivity index is 1.46. The second-order valence-electron chi connectivity index (χ2n) is 11.3. The summed E-state index contributed by atoms with van der Waals surface area (Å²) in [5, 5.41) is 4.66. The van der Waals surface area contributed by atoms with Crippen molar-refractivity contribution in [2.24, 2.45) is 0 Å². The molecule has 0 radical (unpaired) electrons. The highest BCUT2D eigenvalue weighted by molar-refractivity contribution is 6.28. The number of hydrogen-bond donors (Lipinski definition) is 0. The van der Waals surface area contributed by atoms with Crippen LogP contribution >= 0.6 is 0 Å². The number of aryl methyl sites for hydroxylation is 2. The van der Waals surface area contributed by atoms with Crippen LogP contribution in [0, 0.1) is 25.5 Å². The lowest BCUT2D eigenvalue weighted by atomic mass is 9.91. The highest BCUT2D eigenvalue weighted by Crippen LogP contribution is 2.47. The molecular weight excluding hydrogens is 570 g/mol. The highest BCUT2D eigenvalue weighted by atomic mass is 19.1. The average Bonchev–Trinajstić information content (AvgIpc) is 3.18. The summed E-state index contributed by atoms with van der Waals surface area (Å²) in [6, 6.07) is 24.6. The fraction of sp³-hybridized carbons (Fsp3) is 0.0476. The largest absolute Gasteiger partial charge is 0.310 e. The molecule has 8 aromatic carbocycles. The van der Waals surface area contributed by atoms with Crippen LogP contribution in [0.4, 0.5) is 42.9 Å². The highest BCUT2D eigenvalue weighted by Gasteiger charge is 2.21. The van der Waals surface area contributed by atoms with Gasteiger partial charge in [0, 0.05) is 33.5 Å². The van der Waals surface area contributed by atoms with Gasteiger partial charge in [0.25, 0.3) is 0 Å². The van der Waals surface area contributed by atoms with Crippen molar-refractivity contribution in [3.63, 3.8) is 0 Å². The summed E-state index contributed by atoms with van der Waals surface area (Å²) in [4.78, 5) is 3.24. The number of halogens is 2. The Morgan fingerprint density at radius 2 is 0.761 bits per heavy atom. The second-order valence-corrected chi connectivity index (χ2v) is 11.3. The van der Waals surface area contributed by atoms with Crippen LogP contribution < -0.4 is 9.80 Å². The topological polar surface area (TPSA) is 6.48 Å². The molecule has 0 aromatic heterocycles. The van der Waals surface area contributed by atoms with Gasteiger partial charge in [-0.05, 0) is 120 Å². The van der Waals surface area contributed by atoms with E-state index in [0.29, 0.717) is 33.5 Å². The Labute approximate surface area is 278 Å². The first-order chi connectivity index (χ1) is 25.8. The Bertz CT molecular complexity index is 2560. The molecule has 0 amide bonds. The SMILES string of the molecule is [2H]c1c([2H])c(N(c2ccc(C)cc2)c2ccc3ccc4c(N(c5ccc(C)cc5)c5c([2H])c([2H])c(F)c([2H])c5[2H])ccc5ccc2c3c54)c([2H])c([2H])c1F. The molecule has 0 aliphatic heterocycles. The van der Waals surface area contributed by atoms with E-state index >= 15 is 0 Å². The van der Waals surface area contributed by atoms with Crippen molar-refractivity contribution in [3.8, 4) is 0 Å². The third-order valence-corrected chi connectivity index (χ3v) is 8.29. The third-order valence-electron chi connectivity index (χ3n) is 8.29. The molecule has 8 aromatic rings. The van der Waals surface area contributed by atoms with Crippen molar-refractivity contribution < 1.29 is 19.7 Å². The van der Waals surface area contributed by atoms with Crippen molar-refractivity contribution in [1.82, 2.24) is 0 Å². The zero-order valence-corrected chi connectivity index (χ0v) is 24.9. The van der Waals surface area contributed by atoms with Gasteiger partial charge in [-0.2, -0.15) is 0 Å². The standard InChI is InChI=1S/C42H30F2N2/c1-27-3-15-33(16-4-27)45(35-19-11-31(43)12-20-35)39-25-9-29-8-24-38-40(26-10-30-7-23-37(39)41(29)42(30)38)46(34-17-5-28(2)6-18-34)36-21-13-32(44)14-22-36/h3-26H,1-2H3/i11D,12D,13D,14D,19D,20D,21D,22D. The molecule has 46 heavy (non-hydrogen) atoms. The van der Waals surface area contributed by atoms with E-state index in [2.05, 4.69) is 0 Å². The lowest BCUT2D eigenvalue weighted by Gasteiger charge is -2.29. The van der Waals surface area contributed by atoms with E-state index in [9.17, 15) is 8.78 Å². The van der Waals surface area contributed by atoms with Gasteiger partial charge in [-0.15, -0.1) is 0 Å². The number of rotatable bonds is 6. The Hall–Kier alpha value is -5.74. The Kier molecular flexibility index (Phi) is 4.86. The average molecular weight is 609 g/mol. The van der Waals surface area contributed by atoms with Crippen LogP contribution in [-0.2, 0) is 0 Å². The van der Waals surface area contributed by atoms with Crippen LogP contribution in [0.25, 0.3) is 32.3 Å². The molecule has 0 saturated carbocycles. The molecule has 0 atom stereocenters. The van der Waals surface area contributed by atoms with Gasteiger partial charge in [-0.1, -0.05) is 71.8 Å². The number of anilines is 6. The molecule has 0 bridgehead atoms. The first-order valence-electron chi connectivity index (χ1n) is 18.8. The van der Waals surface area contributed by atoms with E-state index < -0.39 is 60.0 Å². The summed E-state index contributed by atoms with van der Waals surface area (Å²) in [5.41, 5.74) is 3.80. The molecule has 0 N–H and O–H groups in total. The maximum absolute atomic E-state index is 14.9.